The van der Waals surface area contributed by atoms with Crippen molar-refractivity contribution in [3.63, 3.8) is 0 Å². The molecule has 25 heavy (non-hydrogen) atoms. The minimum Gasteiger partial charge on any atom is -0.394 e. The summed E-state index contributed by atoms with van der Waals surface area (Å²) in [6, 6.07) is 5.95. The number of nitrogens with one attached hydrogen (secondary N) is 2. The largest absolute Gasteiger partial charge is 0.394 e. The summed E-state index contributed by atoms with van der Waals surface area (Å²) in [6.07, 6.45) is -0.694. The van der Waals surface area contributed by atoms with Crippen molar-refractivity contribution in [2.24, 2.45) is 0 Å². The number of aliphatic hydroxyl groups excluding tert-OH is 1. The molecule has 1 unspecified atom stereocenters. The van der Waals surface area contributed by atoms with E-state index in [-0.39, 0.29) is 17.9 Å². The lowest BCUT2D eigenvalue weighted by molar-refractivity contribution is -0.0304. The van der Waals surface area contributed by atoms with Gasteiger partial charge in [0, 0.05) is 0 Å². The van der Waals surface area contributed by atoms with Crippen LogP contribution < -0.4 is 10.8 Å². The highest BCUT2D eigenvalue weighted by molar-refractivity contribution is 6.00. The SMILES string of the molecule is Cc1ccc(Nc2c(C(=O)NOC(C)CO)ccc(F)c2F)c(F)c1. The van der Waals surface area contributed by atoms with Crippen molar-refractivity contribution in [2.45, 2.75) is 20.0 Å². The zero-order valence-corrected chi connectivity index (χ0v) is 13.6. The third kappa shape index (κ3) is 4.49. The second-order valence-electron chi connectivity index (χ2n) is 5.43. The summed E-state index contributed by atoms with van der Waals surface area (Å²) < 4.78 is 41.7. The number of carbonyl (C=O) groups is 1. The summed E-state index contributed by atoms with van der Waals surface area (Å²) in [5.74, 6) is -4.09. The highest BCUT2D eigenvalue weighted by atomic mass is 19.2. The molecule has 3 N–H and O–H groups in total. The Kier molecular flexibility index (Phi) is 6.00. The maximum Gasteiger partial charge on any atom is 0.277 e. The molecule has 2 rings (SSSR count). The molecule has 0 bridgehead atoms. The fraction of sp³-hybridized carbons (Fsp3) is 0.235. The lowest BCUT2D eigenvalue weighted by atomic mass is 10.1. The summed E-state index contributed by atoms with van der Waals surface area (Å²) >= 11 is 0. The van der Waals surface area contributed by atoms with Crippen LogP contribution >= 0.6 is 0 Å². The van der Waals surface area contributed by atoms with Gasteiger partial charge in [-0.2, -0.15) is 0 Å². The maximum absolute atomic E-state index is 14.2. The number of carbonyl (C=O) groups excluding carboxylic acids is 1. The van der Waals surface area contributed by atoms with Crippen molar-refractivity contribution in [2.75, 3.05) is 11.9 Å². The van der Waals surface area contributed by atoms with Crippen LogP contribution in [0.1, 0.15) is 22.8 Å². The molecular formula is C17H17F3N2O3. The Hall–Kier alpha value is -2.58. The molecule has 8 heteroatoms. The van der Waals surface area contributed by atoms with E-state index < -0.39 is 35.2 Å². The predicted octanol–water partition coefficient (Wildman–Crippen LogP) is 3.20. The summed E-state index contributed by atoms with van der Waals surface area (Å²) in [7, 11) is 0. The number of rotatable bonds is 6. The van der Waals surface area contributed by atoms with E-state index in [1.165, 1.54) is 19.1 Å². The third-order valence-corrected chi connectivity index (χ3v) is 3.33. The number of hydrogen-bond acceptors (Lipinski definition) is 4. The van der Waals surface area contributed by atoms with E-state index >= 15 is 0 Å². The number of aryl methyl sites for hydroxylation is 1. The summed E-state index contributed by atoms with van der Waals surface area (Å²) in [6.45, 7) is 2.82. The van der Waals surface area contributed by atoms with Crippen molar-refractivity contribution < 1.29 is 27.9 Å². The monoisotopic (exact) mass is 354 g/mol. The molecule has 2 aromatic carbocycles. The zero-order valence-electron chi connectivity index (χ0n) is 13.6. The van der Waals surface area contributed by atoms with Gasteiger partial charge in [0.05, 0.1) is 23.5 Å². The van der Waals surface area contributed by atoms with Crippen LogP contribution in [0.5, 0.6) is 0 Å². The van der Waals surface area contributed by atoms with Crippen molar-refractivity contribution >= 4 is 17.3 Å². The molecule has 0 radical (unpaired) electrons. The highest BCUT2D eigenvalue weighted by Crippen LogP contribution is 2.28. The molecule has 0 aliphatic carbocycles. The average molecular weight is 354 g/mol. The van der Waals surface area contributed by atoms with E-state index in [4.69, 9.17) is 9.94 Å². The van der Waals surface area contributed by atoms with Gasteiger partial charge in [-0.25, -0.2) is 18.7 Å². The fourth-order valence-corrected chi connectivity index (χ4v) is 1.96. The van der Waals surface area contributed by atoms with Crippen molar-refractivity contribution in [3.8, 4) is 0 Å². The van der Waals surface area contributed by atoms with Crippen LogP contribution in [0.3, 0.4) is 0 Å². The minimum atomic E-state index is -1.33. The Morgan fingerprint density at radius 2 is 1.92 bits per heavy atom. The van der Waals surface area contributed by atoms with E-state index in [1.54, 1.807) is 13.0 Å². The van der Waals surface area contributed by atoms with Crippen molar-refractivity contribution in [1.82, 2.24) is 5.48 Å². The first-order valence-corrected chi connectivity index (χ1v) is 7.41. The second-order valence-corrected chi connectivity index (χ2v) is 5.43. The van der Waals surface area contributed by atoms with Crippen LogP contribution in [0.25, 0.3) is 0 Å². The van der Waals surface area contributed by atoms with Gasteiger partial charge in [-0.05, 0) is 43.7 Å². The summed E-state index contributed by atoms with van der Waals surface area (Å²) in [5.41, 5.74) is 1.74. The highest BCUT2D eigenvalue weighted by Gasteiger charge is 2.20. The molecule has 0 aliphatic heterocycles. The average Bonchev–Trinajstić information content (AvgIpc) is 2.58. The van der Waals surface area contributed by atoms with Crippen LogP contribution in [0, 0.1) is 24.4 Å². The third-order valence-electron chi connectivity index (χ3n) is 3.33. The molecule has 0 saturated heterocycles. The van der Waals surface area contributed by atoms with Gasteiger partial charge in [-0.15, -0.1) is 0 Å². The number of anilines is 2. The van der Waals surface area contributed by atoms with Crippen molar-refractivity contribution in [1.29, 1.82) is 0 Å². The zero-order chi connectivity index (χ0) is 18.6. The molecule has 0 saturated carbocycles. The Bertz CT molecular complexity index is 784. The van der Waals surface area contributed by atoms with Gasteiger partial charge in [0.2, 0.25) is 0 Å². The Labute approximate surface area is 142 Å². The normalized spacial score (nSPS) is 11.9. The van der Waals surface area contributed by atoms with Gasteiger partial charge < -0.3 is 10.4 Å². The summed E-state index contributed by atoms with van der Waals surface area (Å²) in [4.78, 5) is 17.0. The fourth-order valence-electron chi connectivity index (χ4n) is 1.96. The van der Waals surface area contributed by atoms with Gasteiger partial charge in [0.25, 0.3) is 5.91 Å². The van der Waals surface area contributed by atoms with Gasteiger partial charge >= 0.3 is 0 Å². The second kappa shape index (κ2) is 8.00. The number of halogens is 3. The first kappa shape index (κ1) is 18.8. The van der Waals surface area contributed by atoms with Crippen LogP contribution in [-0.2, 0) is 4.84 Å². The predicted molar refractivity (Wildman–Crippen MR) is 85.9 cm³/mol. The lowest BCUT2D eigenvalue weighted by Crippen LogP contribution is -2.30. The first-order valence-electron chi connectivity index (χ1n) is 7.41. The molecular weight excluding hydrogens is 337 g/mol. The molecule has 0 aromatic heterocycles. The Morgan fingerprint density at radius 1 is 1.20 bits per heavy atom. The van der Waals surface area contributed by atoms with Gasteiger partial charge in [0.15, 0.2) is 11.6 Å². The van der Waals surface area contributed by atoms with E-state index in [0.29, 0.717) is 5.56 Å². The van der Waals surface area contributed by atoms with Crippen LogP contribution in [0.2, 0.25) is 0 Å². The number of amides is 1. The molecule has 1 atom stereocenters. The minimum absolute atomic E-state index is 0.117. The Morgan fingerprint density at radius 3 is 2.56 bits per heavy atom. The summed E-state index contributed by atoms with van der Waals surface area (Å²) in [5, 5.41) is 11.3. The lowest BCUT2D eigenvalue weighted by Gasteiger charge is -2.15. The van der Waals surface area contributed by atoms with Gasteiger partial charge in [-0.1, -0.05) is 6.07 Å². The van der Waals surface area contributed by atoms with Crippen LogP contribution in [0.4, 0.5) is 24.5 Å². The van der Waals surface area contributed by atoms with E-state index in [9.17, 15) is 18.0 Å². The quantitative estimate of drug-likeness (QED) is 0.697. The molecule has 0 spiro atoms. The van der Waals surface area contributed by atoms with Gasteiger partial charge in [0.1, 0.15) is 11.9 Å². The number of benzene rings is 2. The standard InChI is InChI=1S/C17H17F3N2O3/c1-9-3-6-14(13(19)7-9)21-16-11(4-5-12(18)15(16)20)17(24)22-25-10(2)8-23/h3-7,10,21,23H,8H2,1-2H3,(H,22,24). The van der Waals surface area contributed by atoms with Crippen LogP contribution in [-0.4, -0.2) is 23.7 Å². The molecule has 134 valence electrons. The number of aliphatic hydroxyl groups is 1. The molecule has 5 nitrogen and oxygen atoms in total. The van der Waals surface area contributed by atoms with E-state index in [1.807, 2.05) is 5.48 Å². The molecule has 0 heterocycles. The molecule has 2 aromatic rings. The maximum atomic E-state index is 14.2. The smallest absolute Gasteiger partial charge is 0.277 e. The van der Waals surface area contributed by atoms with Crippen molar-refractivity contribution in [3.05, 3.63) is 58.9 Å². The first-order chi connectivity index (χ1) is 11.8. The molecule has 0 aliphatic rings. The Balaban J connectivity index is 2.35. The topological polar surface area (TPSA) is 70.6 Å². The van der Waals surface area contributed by atoms with Gasteiger partial charge in [-0.3, -0.25) is 9.63 Å². The van der Waals surface area contributed by atoms with E-state index in [2.05, 4.69) is 5.32 Å². The molecule has 1 amide bonds. The number of hydrogen-bond donors (Lipinski definition) is 3. The number of hydroxylamine groups is 1. The molecule has 0 fully saturated rings. The van der Waals surface area contributed by atoms with Crippen LogP contribution in [0.15, 0.2) is 30.3 Å². The van der Waals surface area contributed by atoms with E-state index in [0.717, 1.165) is 12.1 Å².